The monoisotopic (exact) mass is 248 g/mol. The molecule has 0 atom stereocenters. The Labute approximate surface area is 90.5 Å². The molecule has 0 aliphatic heterocycles. The number of nitro benzene ring substituents is 1. The second kappa shape index (κ2) is 3.94. The minimum atomic E-state index is -4.60. The first-order valence-corrected chi connectivity index (χ1v) is 5.30. The van der Waals surface area contributed by atoms with Crippen molar-refractivity contribution in [2.45, 2.75) is 4.90 Å². The van der Waals surface area contributed by atoms with E-state index in [0.29, 0.717) is 6.07 Å². The molecule has 0 saturated carbocycles. The molecular weight excluding hydrogens is 240 g/mol. The minimum Gasteiger partial charge on any atom is -0.490 e. The van der Waals surface area contributed by atoms with Gasteiger partial charge in [0.15, 0.2) is 5.75 Å². The Morgan fingerprint density at radius 3 is 2.44 bits per heavy atom. The lowest BCUT2D eigenvalue weighted by molar-refractivity contribution is -0.386. The van der Waals surface area contributed by atoms with E-state index < -0.39 is 25.6 Å². The molecule has 0 heterocycles. The van der Waals surface area contributed by atoms with Crippen molar-refractivity contribution in [3.05, 3.63) is 22.2 Å². The van der Waals surface area contributed by atoms with Crippen LogP contribution in [0.4, 0.5) is 11.4 Å². The zero-order valence-corrected chi connectivity index (χ0v) is 8.89. The molecule has 0 unspecified atom stereocenters. The smallest absolute Gasteiger partial charge is 0.312 e. The van der Waals surface area contributed by atoms with Crippen LogP contribution in [0.5, 0.6) is 5.75 Å². The number of hydrogen-bond donors (Lipinski definition) is 2. The Balaban J connectivity index is 3.58. The fourth-order valence-electron chi connectivity index (χ4n) is 1.09. The summed E-state index contributed by atoms with van der Waals surface area (Å²) in [5, 5.41) is 10.6. The molecule has 1 aromatic carbocycles. The molecule has 0 spiro atoms. The van der Waals surface area contributed by atoms with Gasteiger partial charge >= 0.3 is 5.69 Å². The minimum absolute atomic E-state index is 0.185. The molecule has 8 nitrogen and oxygen atoms in total. The van der Waals surface area contributed by atoms with Crippen molar-refractivity contribution in [1.82, 2.24) is 0 Å². The summed E-state index contributed by atoms with van der Waals surface area (Å²) in [6.07, 6.45) is 0. The molecule has 3 N–H and O–H groups in total. The maximum atomic E-state index is 10.8. The Morgan fingerprint density at radius 2 is 2.06 bits per heavy atom. The van der Waals surface area contributed by atoms with E-state index in [1.54, 1.807) is 0 Å². The van der Waals surface area contributed by atoms with E-state index in [4.69, 9.17) is 10.3 Å². The summed E-state index contributed by atoms with van der Waals surface area (Å²) in [4.78, 5) is 9.02. The second-order valence-corrected chi connectivity index (χ2v) is 4.18. The molecule has 0 amide bonds. The molecule has 0 aromatic heterocycles. The van der Waals surface area contributed by atoms with Crippen molar-refractivity contribution < 1.29 is 22.6 Å². The zero-order valence-electron chi connectivity index (χ0n) is 8.08. The van der Waals surface area contributed by atoms with Crippen LogP contribution in [0.2, 0.25) is 0 Å². The number of methoxy groups -OCH3 is 1. The molecular formula is C7H8N2O6S. The number of rotatable bonds is 3. The number of nitro groups is 1. The molecule has 1 rings (SSSR count). The third kappa shape index (κ3) is 2.20. The van der Waals surface area contributed by atoms with Crippen LogP contribution in [0.1, 0.15) is 0 Å². The highest BCUT2D eigenvalue weighted by Crippen LogP contribution is 2.33. The van der Waals surface area contributed by atoms with E-state index in [1.165, 1.54) is 7.11 Å². The van der Waals surface area contributed by atoms with Crippen LogP contribution in [0.25, 0.3) is 0 Å². The first kappa shape index (κ1) is 12.2. The van der Waals surface area contributed by atoms with Crippen LogP contribution in [0.3, 0.4) is 0 Å². The first-order valence-electron chi connectivity index (χ1n) is 3.86. The topological polar surface area (TPSA) is 133 Å². The van der Waals surface area contributed by atoms with Gasteiger partial charge in [0, 0.05) is 12.1 Å². The van der Waals surface area contributed by atoms with Gasteiger partial charge in [-0.15, -0.1) is 0 Å². The summed E-state index contributed by atoms with van der Waals surface area (Å²) in [5.74, 6) is -0.185. The molecule has 0 saturated heterocycles. The van der Waals surface area contributed by atoms with Crippen LogP contribution < -0.4 is 10.5 Å². The molecule has 16 heavy (non-hydrogen) atoms. The fraction of sp³-hybridized carbons (Fsp3) is 0.143. The normalized spacial score (nSPS) is 11.1. The predicted molar refractivity (Wildman–Crippen MR) is 53.9 cm³/mol. The van der Waals surface area contributed by atoms with Crippen molar-refractivity contribution in [1.29, 1.82) is 0 Å². The van der Waals surface area contributed by atoms with Crippen molar-refractivity contribution in [3.8, 4) is 5.75 Å². The maximum Gasteiger partial charge on any atom is 0.312 e. The van der Waals surface area contributed by atoms with Gasteiger partial charge in [-0.3, -0.25) is 14.7 Å². The third-order valence-electron chi connectivity index (χ3n) is 1.79. The SMILES string of the molecule is COc1cc(N)c(S(=O)(=O)O)cc1[N+](=O)[O-]. The molecule has 0 aliphatic rings. The van der Waals surface area contributed by atoms with Gasteiger partial charge in [-0.05, 0) is 0 Å². The number of nitrogens with two attached hydrogens (primary N) is 1. The summed E-state index contributed by atoms with van der Waals surface area (Å²) in [5.41, 5.74) is 4.39. The average Bonchev–Trinajstić information content (AvgIpc) is 2.14. The molecule has 0 bridgehead atoms. The van der Waals surface area contributed by atoms with Gasteiger partial charge in [0.2, 0.25) is 0 Å². The van der Waals surface area contributed by atoms with Crippen LogP contribution in [-0.2, 0) is 10.1 Å². The number of nitrogens with zero attached hydrogens (tertiary/aromatic N) is 1. The lowest BCUT2D eigenvalue weighted by Gasteiger charge is -2.06. The quantitative estimate of drug-likeness (QED) is 0.343. The summed E-state index contributed by atoms with van der Waals surface area (Å²) in [7, 11) is -3.42. The highest BCUT2D eigenvalue weighted by molar-refractivity contribution is 7.86. The number of hydrogen-bond acceptors (Lipinski definition) is 6. The first-order chi connectivity index (χ1) is 7.27. The summed E-state index contributed by atoms with van der Waals surface area (Å²) >= 11 is 0. The third-order valence-corrected chi connectivity index (χ3v) is 2.70. The zero-order chi connectivity index (χ0) is 12.5. The molecule has 0 radical (unpaired) electrons. The van der Waals surface area contributed by atoms with Crippen molar-refractivity contribution >= 4 is 21.5 Å². The molecule has 9 heteroatoms. The second-order valence-electron chi connectivity index (χ2n) is 2.79. The largest absolute Gasteiger partial charge is 0.490 e. The van der Waals surface area contributed by atoms with Crippen molar-refractivity contribution in [3.63, 3.8) is 0 Å². The fourth-order valence-corrected chi connectivity index (χ4v) is 1.71. The number of benzene rings is 1. The van der Waals surface area contributed by atoms with E-state index in [0.717, 1.165) is 6.07 Å². The van der Waals surface area contributed by atoms with E-state index in [1.807, 2.05) is 0 Å². The van der Waals surface area contributed by atoms with Gasteiger partial charge in [-0.2, -0.15) is 8.42 Å². The Kier molecular flexibility index (Phi) is 3.01. The van der Waals surface area contributed by atoms with E-state index in [-0.39, 0.29) is 11.4 Å². The predicted octanol–water partition coefficient (Wildman–Crippen LogP) is 0.432. The maximum absolute atomic E-state index is 10.8. The number of ether oxygens (including phenoxy) is 1. The van der Waals surface area contributed by atoms with Crippen LogP contribution in [0.15, 0.2) is 17.0 Å². The van der Waals surface area contributed by atoms with Gasteiger partial charge in [0.25, 0.3) is 10.1 Å². The van der Waals surface area contributed by atoms with Crippen LogP contribution in [0, 0.1) is 10.1 Å². The highest BCUT2D eigenvalue weighted by atomic mass is 32.2. The number of anilines is 1. The highest BCUT2D eigenvalue weighted by Gasteiger charge is 2.23. The van der Waals surface area contributed by atoms with Crippen LogP contribution in [-0.4, -0.2) is 25.0 Å². The van der Waals surface area contributed by atoms with E-state index in [9.17, 15) is 18.5 Å². The molecule has 0 aliphatic carbocycles. The van der Waals surface area contributed by atoms with Gasteiger partial charge in [0.1, 0.15) is 4.90 Å². The summed E-state index contributed by atoms with van der Waals surface area (Å²) in [6, 6.07) is 1.60. The van der Waals surface area contributed by atoms with Crippen LogP contribution >= 0.6 is 0 Å². The van der Waals surface area contributed by atoms with Gasteiger partial charge < -0.3 is 10.5 Å². The number of nitrogen functional groups attached to an aromatic ring is 1. The lowest BCUT2D eigenvalue weighted by atomic mass is 10.2. The van der Waals surface area contributed by atoms with E-state index in [2.05, 4.69) is 4.74 Å². The summed E-state index contributed by atoms with van der Waals surface area (Å²) in [6.45, 7) is 0. The van der Waals surface area contributed by atoms with Gasteiger partial charge in [-0.25, -0.2) is 0 Å². The Hall–Kier alpha value is -1.87. The molecule has 1 aromatic rings. The standard InChI is InChI=1S/C7H8N2O6S/c1-15-6-2-4(8)7(16(12,13)14)3-5(6)9(10)11/h2-3H,8H2,1H3,(H,12,13,14). The van der Waals surface area contributed by atoms with E-state index >= 15 is 0 Å². The molecule has 88 valence electrons. The summed E-state index contributed by atoms with van der Waals surface area (Å²) < 4.78 is 35.1. The average molecular weight is 248 g/mol. The Bertz CT molecular complexity index is 538. The van der Waals surface area contributed by atoms with Crippen molar-refractivity contribution in [2.75, 3.05) is 12.8 Å². The Morgan fingerprint density at radius 1 is 1.50 bits per heavy atom. The lowest BCUT2D eigenvalue weighted by Crippen LogP contribution is -2.05. The van der Waals surface area contributed by atoms with Gasteiger partial charge in [-0.1, -0.05) is 0 Å². The molecule has 0 fully saturated rings. The van der Waals surface area contributed by atoms with Gasteiger partial charge in [0.05, 0.1) is 17.7 Å². The van der Waals surface area contributed by atoms with Crippen molar-refractivity contribution in [2.24, 2.45) is 0 Å².